The van der Waals surface area contributed by atoms with Gasteiger partial charge in [-0.15, -0.1) is 0 Å². The Kier molecular flexibility index (Phi) is 1.96. The van der Waals surface area contributed by atoms with Crippen molar-refractivity contribution in [1.29, 1.82) is 0 Å². The van der Waals surface area contributed by atoms with Gasteiger partial charge in [0.1, 0.15) is 0 Å². The first-order chi connectivity index (χ1) is 6.50. The number of ether oxygens (including phenoxy) is 1. The molecule has 0 amide bonds. The third-order valence-corrected chi connectivity index (χ3v) is 2.56. The first-order valence-electron chi connectivity index (χ1n) is 4.25. The van der Waals surface area contributed by atoms with Crippen molar-refractivity contribution in [3.63, 3.8) is 0 Å². The van der Waals surface area contributed by atoms with E-state index < -0.39 is 0 Å². The monoisotopic (exact) mass is 212 g/mol. The number of aromatic nitrogens is 2. The van der Waals surface area contributed by atoms with Gasteiger partial charge >= 0.3 is 0 Å². The molecule has 0 aromatic carbocycles. The molecule has 14 heavy (non-hydrogen) atoms. The number of halogens is 1. The summed E-state index contributed by atoms with van der Waals surface area (Å²) >= 11 is 5.71. The van der Waals surface area contributed by atoms with Crippen LogP contribution >= 0.6 is 11.6 Å². The van der Waals surface area contributed by atoms with E-state index in [1.807, 2.05) is 18.9 Å². The summed E-state index contributed by atoms with van der Waals surface area (Å²) in [5.41, 5.74) is -0.315. The van der Waals surface area contributed by atoms with Gasteiger partial charge in [-0.25, -0.2) is 4.98 Å². The van der Waals surface area contributed by atoms with Crippen LogP contribution in [0.25, 0.3) is 0 Å². The lowest BCUT2D eigenvalue weighted by atomic mass is 10.0. The number of rotatable bonds is 0. The number of likely N-dealkylation sites (N-methyl/N-ethyl adjacent to an activating group) is 1. The van der Waals surface area contributed by atoms with Crippen molar-refractivity contribution in [2.45, 2.75) is 12.5 Å². The molecule has 74 valence electrons. The Hall–Kier alpha value is -1.16. The number of anilines is 1. The van der Waals surface area contributed by atoms with Gasteiger partial charge in [-0.1, -0.05) is 0 Å². The van der Waals surface area contributed by atoms with E-state index in [1.54, 1.807) is 6.20 Å². The zero-order valence-electron chi connectivity index (χ0n) is 8.12. The Morgan fingerprint density at radius 1 is 1.71 bits per heavy atom. The molecule has 1 aromatic heterocycles. The van der Waals surface area contributed by atoms with Crippen LogP contribution in [0.2, 0.25) is 5.28 Å². The van der Waals surface area contributed by atoms with Crippen LogP contribution in [0.4, 0.5) is 5.82 Å². The van der Waals surface area contributed by atoms with E-state index in [2.05, 4.69) is 16.9 Å². The van der Waals surface area contributed by atoms with Crippen LogP contribution in [0.3, 0.4) is 0 Å². The molecule has 0 spiro atoms. The van der Waals surface area contributed by atoms with Crippen LogP contribution in [-0.2, 0) is 0 Å². The Morgan fingerprint density at radius 2 is 2.43 bits per heavy atom. The third kappa shape index (κ3) is 1.35. The maximum Gasteiger partial charge on any atom is 0.224 e. The molecule has 0 radical (unpaired) electrons. The predicted molar refractivity (Wildman–Crippen MR) is 54.7 cm³/mol. The molecule has 1 aliphatic heterocycles. The lowest BCUT2D eigenvalue weighted by molar-refractivity contribution is 0.231. The van der Waals surface area contributed by atoms with Gasteiger partial charge in [0.25, 0.3) is 0 Å². The van der Waals surface area contributed by atoms with Gasteiger partial charge in [-0.2, -0.15) is 4.98 Å². The van der Waals surface area contributed by atoms with Crippen LogP contribution < -0.4 is 9.64 Å². The molecule has 1 aromatic rings. The summed E-state index contributed by atoms with van der Waals surface area (Å²) in [6.45, 7) is 6.53. The molecular weight excluding hydrogens is 202 g/mol. The minimum Gasteiger partial charge on any atom is -0.481 e. The van der Waals surface area contributed by atoms with Gasteiger partial charge in [0.15, 0.2) is 18.2 Å². The molecule has 2 rings (SSSR count). The molecule has 0 fully saturated rings. The molecule has 0 aliphatic carbocycles. The van der Waals surface area contributed by atoms with E-state index in [1.165, 1.54) is 0 Å². The second-order valence-electron chi connectivity index (χ2n) is 3.67. The molecule has 2 heterocycles. The van der Waals surface area contributed by atoms with Crippen LogP contribution in [-0.4, -0.2) is 29.2 Å². The highest BCUT2D eigenvalue weighted by molar-refractivity contribution is 6.28. The fourth-order valence-electron chi connectivity index (χ4n) is 1.27. The van der Waals surface area contributed by atoms with Crippen molar-refractivity contribution in [3.05, 3.63) is 18.4 Å². The fourth-order valence-corrected chi connectivity index (χ4v) is 1.40. The standard InChI is InChI=1S/C9H11ClN3O/c1-9(2)5-14-6-4-11-8(10)12-7(6)13(9)3/h4H,1,5H2,2-3H3/q+1. The number of fused-ring (bicyclic) bond motifs is 1. The summed E-state index contributed by atoms with van der Waals surface area (Å²) in [7, 11) is 1.91. The molecule has 0 saturated carbocycles. The lowest BCUT2D eigenvalue weighted by Crippen LogP contribution is -2.49. The van der Waals surface area contributed by atoms with Crippen LogP contribution in [0, 0.1) is 6.92 Å². The van der Waals surface area contributed by atoms with E-state index in [-0.39, 0.29) is 10.8 Å². The van der Waals surface area contributed by atoms with Crippen molar-refractivity contribution < 1.29 is 4.74 Å². The Morgan fingerprint density at radius 3 is 3.14 bits per heavy atom. The van der Waals surface area contributed by atoms with Gasteiger partial charge in [0.05, 0.1) is 13.1 Å². The number of nitrogens with zero attached hydrogens (tertiary/aromatic N) is 3. The number of hydrogen-bond acceptors (Lipinski definition) is 4. The summed E-state index contributed by atoms with van der Waals surface area (Å²) in [6, 6.07) is 0. The first-order valence-corrected chi connectivity index (χ1v) is 4.63. The maximum absolute atomic E-state index is 5.71. The van der Waals surface area contributed by atoms with E-state index >= 15 is 0 Å². The summed E-state index contributed by atoms with van der Waals surface area (Å²) in [4.78, 5) is 9.91. The van der Waals surface area contributed by atoms with Gasteiger partial charge in [0.2, 0.25) is 10.8 Å². The normalized spacial score (nSPS) is 25.5. The highest BCUT2D eigenvalue weighted by atomic mass is 35.5. The van der Waals surface area contributed by atoms with Crippen molar-refractivity contribution in [2.75, 3.05) is 18.6 Å². The minimum atomic E-state index is -0.315. The molecule has 0 N–H and O–H groups in total. The Labute approximate surface area is 87.9 Å². The zero-order valence-corrected chi connectivity index (χ0v) is 8.88. The third-order valence-electron chi connectivity index (χ3n) is 2.37. The fraction of sp³-hybridized carbons (Fsp3) is 0.444. The van der Waals surface area contributed by atoms with Crippen molar-refractivity contribution in [2.24, 2.45) is 0 Å². The molecule has 0 saturated heterocycles. The molecule has 1 atom stereocenters. The van der Waals surface area contributed by atoms with Crippen LogP contribution in [0.5, 0.6) is 5.75 Å². The zero-order chi connectivity index (χ0) is 10.3. The van der Waals surface area contributed by atoms with E-state index in [9.17, 15) is 0 Å². The summed E-state index contributed by atoms with van der Waals surface area (Å²) in [5, 5.41) is 0.219. The SMILES string of the molecule is [CH2+]C1(C)COc2cnc(Cl)nc2N1C. The number of hydrogen-bond donors (Lipinski definition) is 0. The predicted octanol–water partition coefficient (Wildman–Crippen LogP) is 1.55. The summed E-state index contributed by atoms with van der Waals surface area (Å²) in [6.07, 6.45) is 1.58. The Bertz CT molecular complexity index is 367. The van der Waals surface area contributed by atoms with E-state index in [0.29, 0.717) is 18.2 Å². The van der Waals surface area contributed by atoms with Gasteiger partial charge in [-0.05, 0) is 11.6 Å². The van der Waals surface area contributed by atoms with Gasteiger partial charge in [-0.3, -0.25) is 0 Å². The topological polar surface area (TPSA) is 38.3 Å². The van der Waals surface area contributed by atoms with Gasteiger partial charge in [0, 0.05) is 14.0 Å². The molecule has 4 nitrogen and oxygen atoms in total. The molecule has 1 unspecified atom stereocenters. The Balaban J connectivity index is 2.48. The van der Waals surface area contributed by atoms with Crippen molar-refractivity contribution in [3.8, 4) is 5.75 Å². The van der Waals surface area contributed by atoms with Crippen LogP contribution in [0.15, 0.2) is 6.20 Å². The largest absolute Gasteiger partial charge is 0.481 e. The van der Waals surface area contributed by atoms with Crippen LogP contribution in [0.1, 0.15) is 6.92 Å². The van der Waals surface area contributed by atoms with Gasteiger partial charge < -0.3 is 9.64 Å². The second-order valence-corrected chi connectivity index (χ2v) is 4.01. The second kappa shape index (κ2) is 2.92. The molecule has 1 aliphatic rings. The summed E-state index contributed by atoms with van der Waals surface area (Å²) < 4.78 is 5.48. The minimum absolute atomic E-state index is 0.219. The maximum atomic E-state index is 5.71. The molecular formula is C9H11ClN3O+. The average Bonchev–Trinajstić information content (AvgIpc) is 2.13. The van der Waals surface area contributed by atoms with Crippen molar-refractivity contribution in [1.82, 2.24) is 9.97 Å². The summed E-state index contributed by atoms with van der Waals surface area (Å²) in [5.74, 6) is 1.34. The smallest absolute Gasteiger partial charge is 0.224 e. The quantitative estimate of drug-likeness (QED) is 0.483. The molecule has 0 bridgehead atoms. The van der Waals surface area contributed by atoms with E-state index in [0.717, 1.165) is 0 Å². The highest BCUT2D eigenvalue weighted by Crippen LogP contribution is 2.34. The lowest BCUT2D eigenvalue weighted by Gasteiger charge is -2.35. The van der Waals surface area contributed by atoms with E-state index in [4.69, 9.17) is 16.3 Å². The average molecular weight is 213 g/mol. The van der Waals surface area contributed by atoms with Crippen molar-refractivity contribution >= 4 is 17.4 Å². The first kappa shape index (κ1) is 9.40. The highest BCUT2D eigenvalue weighted by Gasteiger charge is 2.39. The molecule has 5 heteroatoms.